The minimum absolute atomic E-state index is 0.00669. The first-order valence-corrected chi connectivity index (χ1v) is 4.88. The maximum Gasteiger partial charge on any atom is 0.238 e. The SMILES string of the molecule is COc1ccc(CC(=O)C2N=N2)cc1OC. The monoisotopic (exact) mass is 220 g/mol. The summed E-state index contributed by atoms with van der Waals surface area (Å²) < 4.78 is 10.3. The van der Waals surface area contributed by atoms with E-state index < -0.39 is 6.17 Å². The van der Waals surface area contributed by atoms with E-state index in [1.54, 1.807) is 26.4 Å². The van der Waals surface area contributed by atoms with Gasteiger partial charge in [-0.25, -0.2) is 0 Å². The van der Waals surface area contributed by atoms with Crippen molar-refractivity contribution in [1.29, 1.82) is 0 Å². The molecule has 1 aromatic rings. The van der Waals surface area contributed by atoms with E-state index in [1.165, 1.54) is 0 Å². The molecule has 1 heterocycles. The predicted octanol–water partition coefficient (Wildman–Crippen LogP) is 1.61. The molecule has 0 N–H and O–H groups in total. The van der Waals surface area contributed by atoms with Gasteiger partial charge in [0.25, 0.3) is 0 Å². The van der Waals surface area contributed by atoms with E-state index in [-0.39, 0.29) is 5.78 Å². The zero-order valence-corrected chi connectivity index (χ0v) is 9.14. The lowest BCUT2D eigenvalue weighted by atomic mass is 10.1. The van der Waals surface area contributed by atoms with Gasteiger partial charge in [-0.3, -0.25) is 4.79 Å². The number of Topliss-reactive ketones (excluding diaryl/α,β-unsaturated/α-hetero) is 1. The molecular formula is C11H12N2O3. The first kappa shape index (κ1) is 10.6. The molecule has 0 fully saturated rings. The van der Waals surface area contributed by atoms with Crippen molar-refractivity contribution in [3.05, 3.63) is 23.8 Å². The molecule has 2 rings (SSSR count). The van der Waals surface area contributed by atoms with Crippen LogP contribution in [0.2, 0.25) is 0 Å². The van der Waals surface area contributed by atoms with E-state index >= 15 is 0 Å². The summed E-state index contributed by atoms with van der Waals surface area (Å²) in [6.07, 6.45) is -0.119. The highest BCUT2D eigenvalue weighted by atomic mass is 16.5. The maximum atomic E-state index is 11.5. The molecule has 0 radical (unpaired) electrons. The standard InChI is InChI=1S/C11H12N2O3/c1-15-9-4-3-7(6-10(9)16-2)5-8(14)11-12-13-11/h3-4,6,11H,5H2,1-2H3. The first-order chi connectivity index (χ1) is 7.74. The fraction of sp³-hybridized carbons (Fsp3) is 0.364. The third-order valence-corrected chi connectivity index (χ3v) is 2.35. The van der Waals surface area contributed by atoms with Crippen LogP contribution in [0.4, 0.5) is 0 Å². The van der Waals surface area contributed by atoms with Crippen LogP contribution in [-0.4, -0.2) is 26.2 Å². The molecule has 16 heavy (non-hydrogen) atoms. The van der Waals surface area contributed by atoms with Gasteiger partial charge in [0, 0.05) is 6.42 Å². The zero-order chi connectivity index (χ0) is 11.5. The molecule has 0 bridgehead atoms. The average molecular weight is 220 g/mol. The molecule has 5 heteroatoms. The van der Waals surface area contributed by atoms with E-state index in [0.29, 0.717) is 17.9 Å². The Bertz CT molecular complexity index is 437. The highest BCUT2D eigenvalue weighted by Crippen LogP contribution is 2.28. The summed E-state index contributed by atoms with van der Waals surface area (Å²) in [5, 5.41) is 7.19. The Kier molecular flexibility index (Phi) is 2.85. The molecule has 0 amide bonds. The van der Waals surface area contributed by atoms with Crippen LogP contribution < -0.4 is 9.47 Å². The molecule has 0 atom stereocenters. The largest absolute Gasteiger partial charge is 0.493 e. The number of ether oxygens (including phenoxy) is 2. The Morgan fingerprint density at radius 1 is 1.25 bits per heavy atom. The van der Waals surface area contributed by atoms with Crippen molar-refractivity contribution in [2.24, 2.45) is 10.2 Å². The Hall–Kier alpha value is -1.91. The fourth-order valence-corrected chi connectivity index (χ4v) is 1.45. The number of benzene rings is 1. The van der Waals surface area contributed by atoms with Crippen molar-refractivity contribution in [3.63, 3.8) is 0 Å². The molecule has 1 aliphatic heterocycles. The lowest BCUT2D eigenvalue weighted by molar-refractivity contribution is -0.118. The number of ketones is 1. The van der Waals surface area contributed by atoms with Gasteiger partial charge in [0.15, 0.2) is 17.3 Å². The number of methoxy groups -OCH3 is 2. The van der Waals surface area contributed by atoms with Crippen LogP contribution in [0.25, 0.3) is 0 Å². The fourth-order valence-electron chi connectivity index (χ4n) is 1.45. The highest BCUT2D eigenvalue weighted by Gasteiger charge is 2.25. The van der Waals surface area contributed by atoms with Crippen LogP contribution in [0.3, 0.4) is 0 Å². The second-order valence-corrected chi connectivity index (χ2v) is 3.44. The summed E-state index contributed by atoms with van der Waals surface area (Å²) in [6, 6.07) is 5.41. The third kappa shape index (κ3) is 2.18. The summed E-state index contributed by atoms with van der Waals surface area (Å²) in [7, 11) is 3.14. The summed E-state index contributed by atoms with van der Waals surface area (Å²) in [5.74, 6) is 1.28. The summed E-state index contributed by atoms with van der Waals surface area (Å²) >= 11 is 0. The molecule has 0 spiro atoms. The van der Waals surface area contributed by atoms with Gasteiger partial charge in [0.05, 0.1) is 14.2 Å². The van der Waals surface area contributed by atoms with Crippen molar-refractivity contribution in [1.82, 2.24) is 0 Å². The van der Waals surface area contributed by atoms with Gasteiger partial charge < -0.3 is 9.47 Å². The van der Waals surface area contributed by atoms with Crippen LogP contribution in [-0.2, 0) is 11.2 Å². The lowest BCUT2D eigenvalue weighted by Crippen LogP contribution is -2.09. The van der Waals surface area contributed by atoms with Crippen molar-refractivity contribution >= 4 is 5.78 Å². The van der Waals surface area contributed by atoms with Gasteiger partial charge in [-0.05, 0) is 17.7 Å². The van der Waals surface area contributed by atoms with Gasteiger partial charge in [-0.1, -0.05) is 6.07 Å². The van der Waals surface area contributed by atoms with Gasteiger partial charge in [-0.2, -0.15) is 10.2 Å². The lowest BCUT2D eigenvalue weighted by Gasteiger charge is -2.08. The number of carbonyl (C=O) groups is 1. The summed E-state index contributed by atoms with van der Waals surface area (Å²) in [6.45, 7) is 0. The number of hydrogen-bond donors (Lipinski definition) is 0. The molecule has 0 saturated heterocycles. The van der Waals surface area contributed by atoms with Crippen LogP contribution in [0.5, 0.6) is 11.5 Å². The number of carbonyl (C=O) groups excluding carboxylic acids is 1. The van der Waals surface area contributed by atoms with Crippen LogP contribution in [0.15, 0.2) is 28.4 Å². The van der Waals surface area contributed by atoms with Crippen molar-refractivity contribution in [2.45, 2.75) is 12.6 Å². The van der Waals surface area contributed by atoms with Crippen molar-refractivity contribution < 1.29 is 14.3 Å². The Morgan fingerprint density at radius 3 is 2.50 bits per heavy atom. The molecule has 0 aliphatic carbocycles. The quantitative estimate of drug-likeness (QED) is 0.757. The number of nitrogens with zero attached hydrogens (tertiary/aromatic N) is 2. The average Bonchev–Trinajstić information content (AvgIpc) is 3.12. The molecule has 0 aromatic heterocycles. The molecule has 0 unspecified atom stereocenters. The first-order valence-electron chi connectivity index (χ1n) is 4.88. The van der Waals surface area contributed by atoms with E-state index in [4.69, 9.17) is 9.47 Å². The molecule has 1 aliphatic rings. The van der Waals surface area contributed by atoms with Gasteiger partial charge >= 0.3 is 0 Å². The van der Waals surface area contributed by atoms with E-state index in [2.05, 4.69) is 10.2 Å². The predicted molar refractivity (Wildman–Crippen MR) is 56.9 cm³/mol. The highest BCUT2D eigenvalue weighted by molar-refractivity contribution is 5.87. The second-order valence-electron chi connectivity index (χ2n) is 3.44. The zero-order valence-electron chi connectivity index (χ0n) is 9.14. The van der Waals surface area contributed by atoms with Gasteiger partial charge in [-0.15, -0.1) is 0 Å². The third-order valence-electron chi connectivity index (χ3n) is 2.35. The molecule has 5 nitrogen and oxygen atoms in total. The Morgan fingerprint density at radius 2 is 1.94 bits per heavy atom. The van der Waals surface area contributed by atoms with E-state index in [1.807, 2.05) is 6.07 Å². The molecular weight excluding hydrogens is 208 g/mol. The summed E-state index contributed by atoms with van der Waals surface area (Å²) in [4.78, 5) is 11.5. The van der Waals surface area contributed by atoms with E-state index in [9.17, 15) is 4.79 Å². The van der Waals surface area contributed by atoms with E-state index in [0.717, 1.165) is 5.56 Å². The topological polar surface area (TPSA) is 60.2 Å². The number of rotatable bonds is 5. The van der Waals surface area contributed by atoms with Crippen molar-refractivity contribution in [3.8, 4) is 11.5 Å². The van der Waals surface area contributed by atoms with Crippen molar-refractivity contribution in [2.75, 3.05) is 14.2 Å². The number of hydrogen-bond acceptors (Lipinski definition) is 5. The second kappa shape index (κ2) is 4.30. The van der Waals surface area contributed by atoms with Gasteiger partial charge in [0.2, 0.25) is 6.17 Å². The normalized spacial score (nSPS) is 13.6. The van der Waals surface area contributed by atoms with Gasteiger partial charge in [0.1, 0.15) is 0 Å². The molecule has 0 saturated carbocycles. The molecule has 84 valence electrons. The Labute approximate surface area is 93.1 Å². The minimum Gasteiger partial charge on any atom is -0.493 e. The Balaban J connectivity index is 2.12. The van der Waals surface area contributed by atoms with Crippen LogP contribution in [0.1, 0.15) is 5.56 Å². The minimum atomic E-state index is -0.437. The molecule has 1 aromatic carbocycles. The smallest absolute Gasteiger partial charge is 0.238 e. The van der Waals surface area contributed by atoms with Crippen LogP contribution >= 0.6 is 0 Å². The maximum absolute atomic E-state index is 11.5. The van der Waals surface area contributed by atoms with Crippen LogP contribution in [0, 0.1) is 0 Å². The summed E-state index contributed by atoms with van der Waals surface area (Å²) in [5.41, 5.74) is 0.875.